The second-order valence-electron chi connectivity index (χ2n) is 6.08. The Balaban J connectivity index is 0. The monoisotopic (exact) mass is 415 g/mol. The molecule has 1 atom stereocenters. The average molecular weight is 415 g/mol. The molecule has 0 heterocycles. The molecule has 0 radical (unpaired) electrons. The van der Waals surface area contributed by atoms with Crippen LogP contribution in [-0.2, 0) is 23.9 Å². The second-order valence-corrected chi connectivity index (χ2v) is 6.08. The fourth-order valence-electron chi connectivity index (χ4n) is 2.43. The van der Waals surface area contributed by atoms with E-state index in [0.717, 1.165) is 6.26 Å². The average Bonchev–Trinajstić information content (AvgIpc) is 2.66. The first kappa shape index (κ1) is 29.5. The number of carboxylic acids is 1. The minimum absolute atomic E-state index is 0. The number of esters is 1. The van der Waals surface area contributed by atoms with Crippen molar-refractivity contribution in [3.63, 3.8) is 0 Å². The number of imide groups is 1. The summed E-state index contributed by atoms with van der Waals surface area (Å²) in [6.07, 6.45) is 11.5. The quantitative estimate of drug-likeness (QED) is 0.131. The number of amides is 2. The molecule has 0 aromatic heterocycles. The van der Waals surface area contributed by atoms with Crippen LogP contribution in [0.25, 0.3) is 0 Å². The summed E-state index contributed by atoms with van der Waals surface area (Å²) in [4.78, 5) is 49.3. The fraction of sp³-hybridized carbons (Fsp3) is 0.524. The van der Waals surface area contributed by atoms with Gasteiger partial charge in [0.2, 0.25) is 11.8 Å². The van der Waals surface area contributed by atoms with Crippen molar-refractivity contribution in [2.45, 2.75) is 71.8 Å². The predicted octanol–water partition coefficient (Wildman–Crippen LogP) is -0.576. The van der Waals surface area contributed by atoms with E-state index in [-0.39, 0.29) is 42.4 Å². The van der Waals surface area contributed by atoms with Crippen LogP contribution in [-0.4, -0.2) is 34.7 Å². The van der Waals surface area contributed by atoms with E-state index in [9.17, 15) is 24.3 Å². The zero-order valence-electron chi connectivity index (χ0n) is 17.9. The Labute approximate surface area is 195 Å². The standard InChI is InChI=1S/C21H31NO6.Na/c1-4-7-9-11-13-18(23)22(19(24)14-12-10-8-5-2)17(21(26)27)16-20(25)28-15-6-3;/h4-8,15,17H,9-14,16H2,1-3H3,(H,26,27);/q;+1/p-1/b7-4+,8-5+,15-6+;. The number of nitrogens with zero attached hydrogens (tertiary/aromatic N) is 1. The molecule has 2 amide bonds. The van der Waals surface area contributed by atoms with Crippen molar-refractivity contribution in [2.24, 2.45) is 0 Å². The Morgan fingerprint density at radius 2 is 1.38 bits per heavy atom. The first-order valence-corrected chi connectivity index (χ1v) is 9.47. The number of rotatable bonds is 13. The van der Waals surface area contributed by atoms with Crippen LogP contribution in [0, 0.1) is 0 Å². The van der Waals surface area contributed by atoms with Gasteiger partial charge in [-0.1, -0.05) is 30.4 Å². The molecule has 0 spiro atoms. The van der Waals surface area contributed by atoms with Crippen molar-refractivity contribution in [3.8, 4) is 0 Å². The molecule has 0 aromatic carbocycles. The topological polar surface area (TPSA) is 104 Å². The van der Waals surface area contributed by atoms with Crippen molar-refractivity contribution in [2.75, 3.05) is 0 Å². The molecule has 0 N–H and O–H groups in total. The zero-order valence-corrected chi connectivity index (χ0v) is 19.9. The van der Waals surface area contributed by atoms with Crippen LogP contribution in [0.5, 0.6) is 0 Å². The van der Waals surface area contributed by atoms with Gasteiger partial charge in [-0.3, -0.25) is 19.3 Å². The zero-order chi connectivity index (χ0) is 21.4. The van der Waals surface area contributed by atoms with E-state index < -0.39 is 36.2 Å². The smallest absolute Gasteiger partial charge is 0.548 e. The molecular weight excluding hydrogens is 385 g/mol. The number of unbranched alkanes of at least 4 members (excludes halogenated alkanes) is 2. The van der Waals surface area contributed by atoms with Crippen molar-refractivity contribution >= 4 is 23.8 Å². The van der Waals surface area contributed by atoms with Gasteiger partial charge >= 0.3 is 35.5 Å². The number of carbonyl (C=O) groups excluding carboxylic acids is 4. The molecule has 0 saturated carbocycles. The summed E-state index contributed by atoms with van der Waals surface area (Å²) < 4.78 is 4.73. The van der Waals surface area contributed by atoms with E-state index in [1.165, 1.54) is 6.08 Å². The van der Waals surface area contributed by atoms with Gasteiger partial charge in [-0.15, -0.1) is 0 Å². The van der Waals surface area contributed by atoms with Crippen LogP contribution in [0.4, 0.5) is 0 Å². The molecule has 0 fully saturated rings. The van der Waals surface area contributed by atoms with E-state index >= 15 is 0 Å². The maximum absolute atomic E-state index is 12.6. The Bertz CT molecular complexity index is 582. The van der Waals surface area contributed by atoms with Crippen LogP contribution in [0.3, 0.4) is 0 Å². The van der Waals surface area contributed by atoms with Crippen molar-refractivity contribution in [3.05, 3.63) is 36.6 Å². The van der Waals surface area contributed by atoms with Gasteiger partial charge in [-0.05, 0) is 46.5 Å². The van der Waals surface area contributed by atoms with E-state index in [0.29, 0.717) is 30.6 Å². The minimum Gasteiger partial charge on any atom is -0.548 e. The molecule has 0 aliphatic rings. The molecule has 156 valence electrons. The Kier molecular flexibility index (Phi) is 18.7. The van der Waals surface area contributed by atoms with Gasteiger partial charge in [0, 0.05) is 12.8 Å². The van der Waals surface area contributed by atoms with E-state index in [4.69, 9.17) is 4.74 Å². The van der Waals surface area contributed by atoms with Gasteiger partial charge < -0.3 is 14.6 Å². The number of hydrogen-bond donors (Lipinski definition) is 0. The van der Waals surface area contributed by atoms with E-state index in [1.807, 2.05) is 38.2 Å². The van der Waals surface area contributed by atoms with Crippen LogP contribution >= 0.6 is 0 Å². The third-order valence-electron chi connectivity index (χ3n) is 3.81. The predicted molar refractivity (Wildman–Crippen MR) is 104 cm³/mol. The maximum atomic E-state index is 12.6. The molecule has 0 aromatic rings. The summed E-state index contributed by atoms with van der Waals surface area (Å²) in [5, 5.41) is 11.6. The Hall–Kier alpha value is -1.70. The van der Waals surface area contributed by atoms with Gasteiger partial charge in [-0.2, -0.15) is 0 Å². The number of carboxylic acid groups (broad SMARTS) is 1. The Morgan fingerprint density at radius 3 is 1.76 bits per heavy atom. The number of allylic oxidation sites excluding steroid dienone is 5. The van der Waals surface area contributed by atoms with Crippen LogP contribution in [0.2, 0.25) is 0 Å². The Morgan fingerprint density at radius 1 is 0.897 bits per heavy atom. The summed E-state index contributed by atoms with van der Waals surface area (Å²) in [6, 6.07) is -1.69. The second kappa shape index (κ2) is 18.3. The van der Waals surface area contributed by atoms with Crippen molar-refractivity contribution in [1.82, 2.24) is 4.90 Å². The molecule has 1 unspecified atom stereocenters. The molecular formula is C21H30NNaO6. The van der Waals surface area contributed by atoms with Gasteiger partial charge in [0.1, 0.15) is 0 Å². The molecule has 7 nitrogen and oxygen atoms in total. The number of aliphatic carboxylic acids is 1. The van der Waals surface area contributed by atoms with Gasteiger partial charge in [0.05, 0.1) is 24.7 Å². The normalized spacial score (nSPS) is 12.1. The first-order valence-electron chi connectivity index (χ1n) is 9.47. The third kappa shape index (κ3) is 13.2. The minimum atomic E-state index is -1.69. The first-order chi connectivity index (χ1) is 13.4. The molecule has 0 rings (SSSR count). The summed E-state index contributed by atoms with van der Waals surface area (Å²) in [5.74, 6) is -3.79. The van der Waals surface area contributed by atoms with Crippen LogP contribution in [0.1, 0.15) is 65.7 Å². The summed E-state index contributed by atoms with van der Waals surface area (Å²) >= 11 is 0. The number of carbonyl (C=O) groups is 4. The number of ether oxygens (including phenoxy) is 1. The van der Waals surface area contributed by atoms with E-state index in [1.54, 1.807) is 6.92 Å². The fourth-order valence-corrected chi connectivity index (χ4v) is 2.43. The molecule has 8 heteroatoms. The van der Waals surface area contributed by atoms with E-state index in [2.05, 4.69) is 0 Å². The van der Waals surface area contributed by atoms with Crippen LogP contribution in [0.15, 0.2) is 36.6 Å². The molecule has 0 bridgehead atoms. The van der Waals surface area contributed by atoms with Crippen molar-refractivity contribution < 1.29 is 58.6 Å². The molecule has 29 heavy (non-hydrogen) atoms. The SMILES string of the molecule is C/C=C/CCCC(=O)N(C(=O)CCC/C=C/C)C(CC(=O)O/C=C/C)C(=O)[O-].[Na+]. The number of hydrogen-bond acceptors (Lipinski definition) is 6. The molecule has 0 aliphatic carbocycles. The maximum Gasteiger partial charge on any atom is 1.00 e. The summed E-state index contributed by atoms with van der Waals surface area (Å²) in [5.41, 5.74) is 0. The van der Waals surface area contributed by atoms with Gasteiger partial charge in [-0.25, -0.2) is 0 Å². The van der Waals surface area contributed by atoms with Crippen molar-refractivity contribution in [1.29, 1.82) is 0 Å². The molecule has 0 saturated heterocycles. The summed E-state index contributed by atoms with van der Waals surface area (Å²) in [7, 11) is 0. The molecule has 0 aliphatic heterocycles. The summed E-state index contributed by atoms with van der Waals surface area (Å²) in [6.45, 7) is 5.33. The van der Waals surface area contributed by atoms with Gasteiger partial charge in [0.15, 0.2) is 0 Å². The van der Waals surface area contributed by atoms with Crippen LogP contribution < -0.4 is 34.7 Å². The largest absolute Gasteiger partial charge is 1.00 e. The van der Waals surface area contributed by atoms with Gasteiger partial charge in [0.25, 0.3) is 0 Å². The third-order valence-corrected chi connectivity index (χ3v) is 3.81.